The summed E-state index contributed by atoms with van der Waals surface area (Å²) in [7, 11) is 0. The van der Waals surface area contributed by atoms with Gasteiger partial charge in [0.1, 0.15) is 17.3 Å². The Morgan fingerprint density at radius 1 is 1.00 bits per heavy atom. The van der Waals surface area contributed by atoms with E-state index in [4.69, 9.17) is 0 Å². The van der Waals surface area contributed by atoms with Gasteiger partial charge in [-0.1, -0.05) is 60.7 Å². The number of hydrogen-bond acceptors (Lipinski definition) is 4. The van der Waals surface area contributed by atoms with E-state index in [2.05, 4.69) is 51.8 Å². The van der Waals surface area contributed by atoms with E-state index in [1.165, 1.54) is 5.56 Å². The van der Waals surface area contributed by atoms with Crippen LogP contribution in [0.4, 0.5) is 5.82 Å². The lowest BCUT2D eigenvalue weighted by molar-refractivity contribution is 0.0948. The fraction of sp³-hybridized carbons (Fsp3) is 0.261. The second-order valence-corrected chi connectivity index (χ2v) is 6.81. The first-order valence-electron chi connectivity index (χ1n) is 9.61. The van der Waals surface area contributed by atoms with Crippen LogP contribution in [0.5, 0.6) is 0 Å². The smallest absolute Gasteiger partial charge is 0.270 e. The van der Waals surface area contributed by atoms with Gasteiger partial charge in [0.25, 0.3) is 5.91 Å². The SMILES string of the molecule is Cc1nc(NC(C)c2ccccc2)cc(C(=O)NCCCc2ccccc2)n1. The standard InChI is InChI=1S/C23H26N4O/c1-17(20-13-7-4-8-14-20)25-22-16-21(26-18(2)27-22)23(28)24-15-9-12-19-10-5-3-6-11-19/h3-8,10-11,13-14,16-17H,9,12,15H2,1-2H3,(H,24,28)(H,25,26,27). The number of aromatic nitrogens is 2. The Labute approximate surface area is 166 Å². The van der Waals surface area contributed by atoms with E-state index in [-0.39, 0.29) is 11.9 Å². The first-order chi connectivity index (χ1) is 13.6. The molecular formula is C23H26N4O. The van der Waals surface area contributed by atoms with E-state index < -0.39 is 0 Å². The van der Waals surface area contributed by atoms with Crippen molar-refractivity contribution >= 4 is 11.7 Å². The number of benzene rings is 2. The van der Waals surface area contributed by atoms with Gasteiger partial charge in [-0.25, -0.2) is 9.97 Å². The highest BCUT2D eigenvalue weighted by Gasteiger charge is 2.12. The predicted molar refractivity (Wildman–Crippen MR) is 112 cm³/mol. The summed E-state index contributed by atoms with van der Waals surface area (Å²) in [6, 6.07) is 22.2. The zero-order chi connectivity index (χ0) is 19.8. The number of nitrogens with one attached hydrogen (secondary N) is 2. The normalized spacial score (nSPS) is 11.6. The Balaban J connectivity index is 1.56. The van der Waals surface area contributed by atoms with Crippen molar-refractivity contribution in [1.29, 1.82) is 0 Å². The average molecular weight is 374 g/mol. The summed E-state index contributed by atoms with van der Waals surface area (Å²) in [5.74, 6) is 1.05. The van der Waals surface area contributed by atoms with Crippen LogP contribution in [0, 0.1) is 6.92 Å². The van der Waals surface area contributed by atoms with Crippen LogP contribution in [-0.2, 0) is 6.42 Å². The van der Waals surface area contributed by atoms with Gasteiger partial charge in [0.15, 0.2) is 0 Å². The summed E-state index contributed by atoms with van der Waals surface area (Å²) in [5.41, 5.74) is 2.82. The Hall–Kier alpha value is -3.21. The minimum absolute atomic E-state index is 0.0808. The molecule has 0 aliphatic carbocycles. The van der Waals surface area contributed by atoms with Gasteiger partial charge >= 0.3 is 0 Å². The molecule has 0 aliphatic rings. The molecule has 0 spiro atoms. The van der Waals surface area contributed by atoms with Crippen LogP contribution >= 0.6 is 0 Å². The maximum atomic E-state index is 12.5. The summed E-state index contributed by atoms with van der Waals surface area (Å²) < 4.78 is 0. The van der Waals surface area contributed by atoms with Crippen molar-refractivity contribution in [2.75, 3.05) is 11.9 Å². The van der Waals surface area contributed by atoms with Gasteiger partial charge in [-0.15, -0.1) is 0 Å². The summed E-state index contributed by atoms with van der Waals surface area (Å²) in [4.78, 5) is 21.2. The van der Waals surface area contributed by atoms with Gasteiger partial charge in [0, 0.05) is 18.7 Å². The lowest BCUT2D eigenvalue weighted by Gasteiger charge is -2.16. The van der Waals surface area contributed by atoms with Crippen LogP contribution < -0.4 is 10.6 Å². The summed E-state index contributed by atoms with van der Waals surface area (Å²) in [6.45, 7) is 4.47. The van der Waals surface area contributed by atoms with Crippen molar-refractivity contribution in [2.45, 2.75) is 32.7 Å². The molecule has 0 saturated heterocycles. The molecule has 1 atom stereocenters. The number of carbonyl (C=O) groups excluding carboxylic acids is 1. The molecule has 28 heavy (non-hydrogen) atoms. The molecule has 0 fully saturated rings. The van der Waals surface area contributed by atoms with E-state index in [9.17, 15) is 4.79 Å². The maximum absolute atomic E-state index is 12.5. The molecular weight excluding hydrogens is 348 g/mol. The average Bonchev–Trinajstić information content (AvgIpc) is 2.72. The van der Waals surface area contributed by atoms with E-state index in [0.29, 0.717) is 23.9 Å². The van der Waals surface area contributed by atoms with Gasteiger partial charge in [-0.2, -0.15) is 0 Å². The van der Waals surface area contributed by atoms with E-state index in [0.717, 1.165) is 18.4 Å². The first kappa shape index (κ1) is 19.5. The highest BCUT2D eigenvalue weighted by atomic mass is 16.1. The van der Waals surface area contributed by atoms with Crippen molar-refractivity contribution in [3.8, 4) is 0 Å². The quantitative estimate of drug-likeness (QED) is 0.576. The molecule has 0 radical (unpaired) electrons. The largest absolute Gasteiger partial charge is 0.363 e. The number of rotatable bonds is 8. The minimum atomic E-state index is -0.172. The molecule has 144 valence electrons. The summed E-state index contributed by atoms with van der Waals surface area (Å²) in [5, 5.41) is 6.30. The molecule has 1 amide bonds. The Morgan fingerprint density at radius 3 is 2.39 bits per heavy atom. The van der Waals surface area contributed by atoms with Crippen molar-refractivity contribution in [3.63, 3.8) is 0 Å². The number of hydrogen-bond donors (Lipinski definition) is 2. The molecule has 1 aromatic heterocycles. The number of nitrogens with zero attached hydrogens (tertiary/aromatic N) is 2. The third kappa shape index (κ3) is 5.64. The van der Waals surface area contributed by atoms with Gasteiger partial charge in [-0.3, -0.25) is 4.79 Å². The zero-order valence-corrected chi connectivity index (χ0v) is 16.4. The molecule has 2 aromatic carbocycles. The molecule has 5 nitrogen and oxygen atoms in total. The molecule has 0 saturated carbocycles. The second kappa shape index (κ2) is 9.65. The molecule has 5 heteroatoms. The predicted octanol–water partition coefficient (Wildman–Crippen LogP) is 4.32. The number of anilines is 1. The van der Waals surface area contributed by atoms with Crippen LogP contribution in [0.2, 0.25) is 0 Å². The lowest BCUT2D eigenvalue weighted by atomic mass is 10.1. The van der Waals surface area contributed by atoms with E-state index in [1.807, 2.05) is 36.4 Å². The topological polar surface area (TPSA) is 66.9 Å². The van der Waals surface area contributed by atoms with Gasteiger partial charge in [0.05, 0.1) is 0 Å². The van der Waals surface area contributed by atoms with E-state index in [1.54, 1.807) is 13.0 Å². The summed E-state index contributed by atoms with van der Waals surface area (Å²) in [6.07, 6.45) is 1.82. The highest BCUT2D eigenvalue weighted by Crippen LogP contribution is 2.18. The van der Waals surface area contributed by atoms with Crippen LogP contribution in [0.3, 0.4) is 0 Å². The fourth-order valence-corrected chi connectivity index (χ4v) is 3.03. The fourth-order valence-electron chi connectivity index (χ4n) is 3.03. The molecule has 2 N–H and O–H groups in total. The van der Waals surface area contributed by atoms with E-state index >= 15 is 0 Å². The number of amides is 1. The van der Waals surface area contributed by atoms with Crippen molar-refractivity contribution in [3.05, 3.63) is 89.4 Å². The minimum Gasteiger partial charge on any atom is -0.363 e. The zero-order valence-electron chi connectivity index (χ0n) is 16.4. The van der Waals surface area contributed by atoms with Gasteiger partial charge in [0.2, 0.25) is 0 Å². The first-order valence-corrected chi connectivity index (χ1v) is 9.61. The number of aryl methyl sites for hydroxylation is 2. The molecule has 0 bridgehead atoms. The Kier molecular flexibility index (Phi) is 6.73. The van der Waals surface area contributed by atoms with Crippen LogP contribution in [0.15, 0.2) is 66.7 Å². The Morgan fingerprint density at radius 2 is 1.68 bits per heavy atom. The molecule has 0 aliphatic heterocycles. The third-order valence-corrected chi connectivity index (χ3v) is 4.51. The lowest BCUT2D eigenvalue weighted by Crippen LogP contribution is -2.26. The van der Waals surface area contributed by atoms with Crippen LogP contribution in [-0.4, -0.2) is 22.4 Å². The monoisotopic (exact) mass is 374 g/mol. The third-order valence-electron chi connectivity index (χ3n) is 4.51. The van der Waals surface area contributed by atoms with Gasteiger partial charge in [-0.05, 0) is 37.8 Å². The second-order valence-electron chi connectivity index (χ2n) is 6.81. The molecule has 3 rings (SSSR count). The van der Waals surface area contributed by atoms with Crippen molar-refractivity contribution in [1.82, 2.24) is 15.3 Å². The van der Waals surface area contributed by atoms with Crippen molar-refractivity contribution < 1.29 is 4.79 Å². The molecule has 1 heterocycles. The molecule has 1 unspecified atom stereocenters. The van der Waals surface area contributed by atoms with Crippen molar-refractivity contribution in [2.24, 2.45) is 0 Å². The Bertz CT molecular complexity index is 897. The highest BCUT2D eigenvalue weighted by molar-refractivity contribution is 5.92. The maximum Gasteiger partial charge on any atom is 0.270 e. The van der Waals surface area contributed by atoms with Crippen LogP contribution in [0.25, 0.3) is 0 Å². The van der Waals surface area contributed by atoms with Crippen LogP contribution in [0.1, 0.15) is 46.8 Å². The number of carbonyl (C=O) groups is 1. The molecule has 3 aromatic rings. The summed E-state index contributed by atoms with van der Waals surface area (Å²) >= 11 is 0. The van der Waals surface area contributed by atoms with Gasteiger partial charge < -0.3 is 10.6 Å².